The van der Waals surface area contributed by atoms with E-state index in [4.69, 9.17) is 0 Å². The molecule has 0 amide bonds. The molecule has 21 heavy (non-hydrogen) atoms. The fourth-order valence-electron chi connectivity index (χ4n) is 2.03. The van der Waals surface area contributed by atoms with Gasteiger partial charge in [-0.2, -0.15) is 0 Å². The van der Waals surface area contributed by atoms with E-state index < -0.39 is 6.10 Å². The third kappa shape index (κ3) is 2.84. The minimum Gasteiger partial charge on any atom is -0.392 e. The van der Waals surface area contributed by atoms with E-state index in [1.54, 1.807) is 25.4 Å². The van der Waals surface area contributed by atoms with Crippen molar-refractivity contribution in [1.29, 1.82) is 0 Å². The molecule has 0 aliphatic carbocycles. The molecule has 1 aliphatic rings. The zero-order valence-corrected chi connectivity index (χ0v) is 12.2. The number of carbonyl (C=O) groups is 1. The number of ketones is 1. The third-order valence-electron chi connectivity index (χ3n) is 3.02. The molecule has 2 N–H and O–H groups in total. The number of aliphatic imine (C=N–C) groups is 1. The average Bonchev–Trinajstić information content (AvgIpc) is 2.94. The minimum atomic E-state index is -0.442. The Labute approximate surface area is 125 Å². The van der Waals surface area contributed by atoms with Gasteiger partial charge in [-0.25, -0.2) is 4.98 Å². The number of rotatable bonds is 4. The van der Waals surface area contributed by atoms with Crippen LogP contribution in [0.4, 0.5) is 10.8 Å². The van der Waals surface area contributed by atoms with Crippen LogP contribution in [0.5, 0.6) is 0 Å². The quantitative estimate of drug-likeness (QED) is 0.904. The summed E-state index contributed by atoms with van der Waals surface area (Å²) in [5, 5.41) is 14.9. The van der Waals surface area contributed by atoms with Gasteiger partial charge in [-0.3, -0.25) is 14.8 Å². The number of hydrogen-bond acceptors (Lipinski definition) is 7. The molecule has 2 aromatic heterocycles. The van der Waals surface area contributed by atoms with Crippen LogP contribution in [-0.4, -0.2) is 39.7 Å². The largest absolute Gasteiger partial charge is 0.392 e. The third-order valence-corrected chi connectivity index (χ3v) is 3.82. The second-order valence-electron chi connectivity index (χ2n) is 4.76. The zero-order valence-electron chi connectivity index (χ0n) is 11.4. The van der Waals surface area contributed by atoms with Crippen molar-refractivity contribution in [3.05, 3.63) is 23.2 Å². The number of pyridine rings is 1. The molecule has 108 valence electrons. The average molecular weight is 302 g/mol. The lowest BCUT2D eigenvalue weighted by molar-refractivity contribution is 0.100. The summed E-state index contributed by atoms with van der Waals surface area (Å²) < 4.78 is 0. The Morgan fingerprint density at radius 2 is 2.38 bits per heavy atom. The zero-order chi connectivity index (χ0) is 14.8. The highest BCUT2D eigenvalue weighted by molar-refractivity contribution is 7.14. The normalized spacial score (nSPS) is 14.9. The Bertz CT molecular complexity index is 709. The molecule has 0 bridgehead atoms. The topological polar surface area (TPSA) is 87.5 Å². The summed E-state index contributed by atoms with van der Waals surface area (Å²) in [7, 11) is 0. The molecular formula is C14H14N4O2S. The standard InChI is InChI=1S/C14H14N4O2S/c1-8(19)6-17-14-18-10(7-21-14)13-12-9(2-4-16-13)11(20)3-5-15-12/h2,4-5,7-8,19H,3,6H2,1H3,(H,17,18)/t8-/m1/s1. The molecule has 1 aliphatic heterocycles. The smallest absolute Gasteiger partial charge is 0.183 e. The Morgan fingerprint density at radius 3 is 3.19 bits per heavy atom. The van der Waals surface area contributed by atoms with Crippen molar-refractivity contribution in [2.45, 2.75) is 19.4 Å². The van der Waals surface area contributed by atoms with E-state index in [9.17, 15) is 9.90 Å². The molecule has 0 aromatic carbocycles. The first-order valence-corrected chi connectivity index (χ1v) is 7.45. The predicted molar refractivity (Wildman–Crippen MR) is 82.6 cm³/mol. The van der Waals surface area contributed by atoms with Crippen molar-refractivity contribution in [1.82, 2.24) is 9.97 Å². The molecule has 3 rings (SSSR count). The van der Waals surface area contributed by atoms with Crippen LogP contribution in [0, 0.1) is 0 Å². The fourth-order valence-corrected chi connectivity index (χ4v) is 2.73. The first-order valence-electron chi connectivity index (χ1n) is 6.57. The summed E-state index contributed by atoms with van der Waals surface area (Å²) in [5.41, 5.74) is 2.46. The number of fused-ring (bicyclic) bond motifs is 1. The maximum absolute atomic E-state index is 11.9. The van der Waals surface area contributed by atoms with Gasteiger partial charge in [0, 0.05) is 36.3 Å². The highest BCUT2D eigenvalue weighted by Crippen LogP contribution is 2.35. The van der Waals surface area contributed by atoms with E-state index in [1.165, 1.54) is 11.3 Å². The number of aliphatic hydroxyl groups excluding tert-OH is 1. The first-order chi connectivity index (χ1) is 10.1. The number of aromatic nitrogens is 2. The molecule has 6 nitrogen and oxygen atoms in total. The van der Waals surface area contributed by atoms with E-state index >= 15 is 0 Å². The minimum absolute atomic E-state index is 0.0475. The lowest BCUT2D eigenvalue weighted by atomic mass is 10.0. The van der Waals surface area contributed by atoms with Crippen LogP contribution >= 0.6 is 11.3 Å². The van der Waals surface area contributed by atoms with Crippen molar-refractivity contribution < 1.29 is 9.90 Å². The molecule has 7 heteroatoms. The summed E-state index contributed by atoms with van der Waals surface area (Å²) in [5.74, 6) is 0.0475. The van der Waals surface area contributed by atoms with Gasteiger partial charge in [-0.1, -0.05) is 0 Å². The maximum Gasteiger partial charge on any atom is 0.183 e. The molecular weight excluding hydrogens is 288 g/mol. The molecule has 0 saturated heterocycles. The van der Waals surface area contributed by atoms with Gasteiger partial charge in [0.15, 0.2) is 10.9 Å². The lowest BCUT2D eigenvalue weighted by Gasteiger charge is -2.10. The maximum atomic E-state index is 11.9. The van der Waals surface area contributed by atoms with Crippen molar-refractivity contribution >= 4 is 34.2 Å². The number of aliphatic hydroxyl groups is 1. The van der Waals surface area contributed by atoms with Gasteiger partial charge in [0.25, 0.3) is 0 Å². The second-order valence-corrected chi connectivity index (χ2v) is 5.62. The highest BCUT2D eigenvalue weighted by Gasteiger charge is 2.20. The summed E-state index contributed by atoms with van der Waals surface area (Å²) in [4.78, 5) is 24.9. The van der Waals surface area contributed by atoms with E-state index in [2.05, 4.69) is 20.3 Å². The fraction of sp³-hybridized carbons (Fsp3) is 0.286. The van der Waals surface area contributed by atoms with Crippen molar-refractivity contribution in [2.24, 2.45) is 4.99 Å². The molecule has 3 heterocycles. The monoisotopic (exact) mass is 302 g/mol. The Morgan fingerprint density at radius 1 is 1.52 bits per heavy atom. The Kier molecular flexibility index (Phi) is 3.76. The van der Waals surface area contributed by atoms with Crippen molar-refractivity contribution in [2.75, 3.05) is 11.9 Å². The van der Waals surface area contributed by atoms with E-state index in [0.717, 1.165) is 0 Å². The van der Waals surface area contributed by atoms with Crippen LogP contribution in [0.2, 0.25) is 0 Å². The molecule has 0 unspecified atom stereocenters. The van der Waals surface area contributed by atoms with Gasteiger partial charge in [-0.05, 0) is 13.0 Å². The molecule has 0 saturated carbocycles. The summed E-state index contributed by atoms with van der Waals surface area (Å²) >= 11 is 1.43. The Hall–Kier alpha value is -2.12. The second kappa shape index (κ2) is 5.71. The van der Waals surface area contributed by atoms with Crippen LogP contribution in [-0.2, 0) is 0 Å². The SMILES string of the molecule is C[C@@H](O)CNc1nc(-c2nccc3c2N=CCC3=O)cs1. The van der Waals surface area contributed by atoms with Crippen LogP contribution in [0.1, 0.15) is 23.7 Å². The first kappa shape index (κ1) is 13.8. The highest BCUT2D eigenvalue weighted by atomic mass is 32.1. The molecule has 0 spiro atoms. The van der Waals surface area contributed by atoms with Gasteiger partial charge in [0.1, 0.15) is 17.1 Å². The number of carbonyl (C=O) groups excluding carboxylic acids is 1. The van der Waals surface area contributed by atoms with Crippen LogP contribution in [0.25, 0.3) is 11.4 Å². The van der Waals surface area contributed by atoms with Gasteiger partial charge in [0.2, 0.25) is 0 Å². The summed E-state index contributed by atoms with van der Waals surface area (Å²) in [6.07, 6.45) is 3.10. The number of hydrogen-bond donors (Lipinski definition) is 2. The van der Waals surface area contributed by atoms with Gasteiger partial charge < -0.3 is 10.4 Å². The van der Waals surface area contributed by atoms with Crippen LogP contribution in [0.15, 0.2) is 22.6 Å². The van der Waals surface area contributed by atoms with Crippen LogP contribution < -0.4 is 5.32 Å². The summed E-state index contributed by atoms with van der Waals surface area (Å²) in [6, 6.07) is 1.69. The summed E-state index contributed by atoms with van der Waals surface area (Å²) in [6.45, 7) is 2.14. The van der Waals surface area contributed by atoms with Crippen LogP contribution in [0.3, 0.4) is 0 Å². The number of nitrogens with one attached hydrogen (secondary N) is 1. The molecule has 0 radical (unpaired) electrons. The van der Waals surface area contributed by atoms with E-state index in [0.29, 0.717) is 40.7 Å². The van der Waals surface area contributed by atoms with Gasteiger partial charge >= 0.3 is 0 Å². The van der Waals surface area contributed by atoms with E-state index in [1.807, 2.05) is 5.38 Å². The van der Waals surface area contributed by atoms with Crippen molar-refractivity contribution in [3.8, 4) is 11.4 Å². The Balaban J connectivity index is 1.93. The predicted octanol–water partition coefficient (Wildman–Crippen LogP) is 2.29. The lowest BCUT2D eigenvalue weighted by Crippen LogP contribution is -2.15. The van der Waals surface area contributed by atoms with Gasteiger partial charge in [-0.15, -0.1) is 11.3 Å². The van der Waals surface area contributed by atoms with Crippen molar-refractivity contribution in [3.63, 3.8) is 0 Å². The number of thiazole rings is 1. The number of nitrogens with zero attached hydrogens (tertiary/aromatic N) is 3. The molecule has 2 aromatic rings. The molecule has 1 atom stereocenters. The van der Waals surface area contributed by atoms with Gasteiger partial charge in [0.05, 0.1) is 6.10 Å². The molecule has 0 fully saturated rings. The number of anilines is 1. The van der Waals surface area contributed by atoms with E-state index in [-0.39, 0.29) is 5.78 Å². The number of Topliss-reactive ketones (excluding diaryl/α,β-unsaturated/α-hetero) is 1.